The first-order valence-electron chi connectivity index (χ1n) is 0.724. The number of hydrogen-bond donors (Lipinski definition) is 1. The van der Waals surface area contributed by atoms with Gasteiger partial charge in [-0.1, -0.05) is 0 Å². The van der Waals surface area contributed by atoms with Crippen LogP contribution in [-0.2, 0) is 0 Å². The first-order chi connectivity index (χ1) is 1.41. The maximum Gasteiger partial charge on any atom is 0.00749 e. The Hall–Kier alpha value is 3.04. The summed E-state index contributed by atoms with van der Waals surface area (Å²) in [6.45, 7) is 1.71. The normalized spacial score (nSPS) is 6.00. The molecule has 0 rings (SSSR count). The molecule has 0 aliphatic rings. The van der Waals surface area contributed by atoms with Crippen molar-refractivity contribution in [3.05, 3.63) is 0 Å². The summed E-state index contributed by atoms with van der Waals surface area (Å²) in [6.07, 6.45) is 0. The van der Waals surface area contributed by atoms with E-state index in [1.54, 1.807) is 6.66 Å². The van der Waals surface area contributed by atoms with Crippen LogP contribution in [0.25, 0.3) is 0 Å². The second kappa shape index (κ2) is 15.7. The van der Waals surface area contributed by atoms with Gasteiger partial charge in [0.25, 0.3) is 0 Å². The Kier molecular flexibility index (Phi) is 49.4. The Labute approximate surface area is 97.9 Å². The summed E-state index contributed by atoms with van der Waals surface area (Å²) < 4.78 is 0. The minimum Gasteiger partial charge on any atom is -0.377 e. The Bertz CT molecular complexity index is 9.61. The van der Waals surface area contributed by atoms with E-state index in [1.165, 1.54) is 0 Å². The van der Waals surface area contributed by atoms with Crippen molar-refractivity contribution in [3.63, 3.8) is 0 Å². The smallest absolute Gasteiger partial charge is 0.00749 e. The largest absolute Gasteiger partial charge is 0.377 e. The van der Waals surface area contributed by atoms with Gasteiger partial charge in [0.05, 0.1) is 0 Å². The topological polar surface area (TPSA) is 20.2 Å². The van der Waals surface area contributed by atoms with E-state index in [2.05, 4.69) is 0 Å². The summed E-state index contributed by atoms with van der Waals surface area (Å²) in [6, 6.07) is 0. The summed E-state index contributed by atoms with van der Waals surface area (Å²) in [5.41, 5.74) is 0. The zero-order valence-electron chi connectivity index (χ0n) is 2.95. The van der Waals surface area contributed by atoms with Crippen LogP contribution in [0, 0.1) is 79.9 Å². The van der Waals surface area contributed by atoms with Crippen molar-refractivity contribution >= 4 is 8.81 Å². The van der Waals surface area contributed by atoms with E-state index in [0.717, 1.165) is 0 Å². The Morgan fingerprint density at radius 2 is 1.40 bits per heavy atom. The summed E-state index contributed by atoms with van der Waals surface area (Å²) in [5, 5.41) is 0. The molecule has 0 radical (unpaired) electrons. The fraction of sp³-hybridized carbons (Fsp3) is 1.00. The molecule has 1 nitrogen and oxygen atoms in total. The van der Waals surface area contributed by atoms with Gasteiger partial charge in [0.2, 0.25) is 0 Å². The van der Waals surface area contributed by atoms with Crippen molar-refractivity contribution in [2.75, 3.05) is 6.66 Å². The van der Waals surface area contributed by atoms with Crippen molar-refractivity contribution in [2.45, 2.75) is 0 Å². The number of rotatable bonds is 0. The quantitative estimate of drug-likeness (QED) is 0.446. The molecule has 4 heteroatoms. The van der Waals surface area contributed by atoms with Crippen molar-refractivity contribution in [2.24, 2.45) is 0 Å². The molecule has 0 amide bonds. The average molecular weight is 528 g/mol. The van der Waals surface area contributed by atoms with Crippen LogP contribution in [0.15, 0.2) is 0 Å². The van der Waals surface area contributed by atoms with Crippen LogP contribution >= 0.6 is 8.81 Å². The second-order valence-electron chi connectivity index (χ2n) is 0.224. The Balaban J connectivity index is -0.0000000200. The third kappa shape index (κ3) is 19.4. The fourth-order valence-corrected chi connectivity index (χ4v) is 0. The van der Waals surface area contributed by atoms with Gasteiger partial charge in [-0.15, -0.1) is 0 Å². The van der Waals surface area contributed by atoms with E-state index in [4.69, 9.17) is 4.89 Å². The molecule has 0 aromatic heterocycles. The predicted molar refractivity (Wildman–Crippen MR) is 16.5 cm³/mol. The molecule has 0 bridgehead atoms. The van der Waals surface area contributed by atoms with Gasteiger partial charge in [-0.25, -0.2) is 0 Å². The predicted octanol–water partition coefficient (Wildman–Crippen LogP) is 0.202. The van der Waals surface area contributed by atoms with Crippen LogP contribution in [0.1, 0.15) is 0 Å². The van der Waals surface area contributed by atoms with Crippen molar-refractivity contribution in [3.8, 4) is 0 Å². The van der Waals surface area contributed by atoms with Gasteiger partial charge < -0.3 is 4.89 Å². The Morgan fingerprint density at radius 1 is 1.40 bits per heavy atom. The summed E-state index contributed by atoms with van der Waals surface area (Å²) in [7, 11) is 0.0833. The molecule has 0 heterocycles. The third-order valence-corrected chi connectivity index (χ3v) is 0. The third-order valence-electron chi connectivity index (χ3n) is 0. The van der Waals surface area contributed by atoms with Gasteiger partial charge >= 0.3 is 0 Å². The van der Waals surface area contributed by atoms with E-state index in [0.29, 0.717) is 0 Å². The minimum absolute atomic E-state index is 0. The van der Waals surface area contributed by atoms with Crippen molar-refractivity contribution < 1.29 is 84.8 Å². The summed E-state index contributed by atoms with van der Waals surface area (Å²) in [5.74, 6) is 0. The maximum absolute atomic E-state index is 7.60. The molecule has 0 aromatic carbocycles. The first kappa shape index (κ1) is 15.7. The number of hydrogen-bond acceptors (Lipinski definition) is 1. The van der Waals surface area contributed by atoms with E-state index >= 15 is 0 Å². The molecule has 1 N–H and O–H groups in total. The zero-order valence-corrected chi connectivity index (χ0v) is 12.2. The molecule has 0 spiro atoms. The molecule has 0 saturated heterocycles. The van der Waals surface area contributed by atoms with Crippen molar-refractivity contribution in [1.29, 1.82) is 0 Å². The molecule has 0 saturated carbocycles. The minimum atomic E-state index is 0. The van der Waals surface area contributed by atoms with E-state index in [1.807, 2.05) is 0 Å². The Morgan fingerprint density at radius 3 is 1.40 bits per heavy atom. The second-order valence-corrected chi connectivity index (χ2v) is 0.671. The molecule has 1 atom stereocenters. The van der Waals surface area contributed by atoms with Gasteiger partial charge in [-0.05, 0) is 6.66 Å². The van der Waals surface area contributed by atoms with Gasteiger partial charge in [-0.3, -0.25) is 0 Å². The maximum atomic E-state index is 7.60. The molecule has 0 aliphatic heterocycles. The summed E-state index contributed by atoms with van der Waals surface area (Å²) in [4.78, 5) is 7.60. The van der Waals surface area contributed by atoms with Crippen molar-refractivity contribution in [1.82, 2.24) is 0 Å². The van der Waals surface area contributed by atoms with Gasteiger partial charge in [0.1, 0.15) is 0 Å². The van der Waals surface area contributed by atoms with Gasteiger partial charge in [0.15, 0.2) is 0 Å². The molecule has 5 heavy (non-hydrogen) atoms. The summed E-state index contributed by atoms with van der Waals surface area (Å²) >= 11 is 0. The van der Waals surface area contributed by atoms with E-state index in [9.17, 15) is 0 Å². The first-order valence-corrected chi connectivity index (χ1v) is 2.17. The monoisotopic (exact) mass is 528 g/mol. The van der Waals surface area contributed by atoms with Crippen LogP contribution in [0.4, 0.5) is 0 Å². The molecule has 28 valence electrons. The SMILES string of the molecule is CPO.[Th].[Th]. The molecule has 0 aliphatic carbocycles. The fourth-order valence-electron chi connectivity index (χ4n) is 0. The van der Waals surface area contributed by atoms with Gasteiger partial charge in [0, 0.05) is 88.7 Å². The average Bonchev–Trinajstić information content (AvgIpc) is 0.918. The molecule has 0 fully saturated rings. The van der Waals surface area contributed by atoms with Crippen LogP contribution < -0.4 is 0 Å². The molecular formula is CH5OPTh2. The standard InChI is InChI=1S/CH5OP.2Th/c1-3-2;;/h2-3H,1H3;;. The molecule has 0 aromatic rings. The van der Waals surface area contributed by atoms with Crippen LogP contribution in [0.2, 0.25) is 0 Å². The molecular weight excluding hydrogens is 523 g/mol. The van der Waals surface area contributed by atoms with Crippen LogP contribution in [-0.4, -0.2) is 11.6 Å². The molecule has 1 unspecified atom stereocenters. The van der Waals surface area contributed by atoms with E-state index in [-0.39, 0.29) is 88.7 Å². The zero-order chi connectivity index (χ0) is 2.71. The van der Waals surface area contributed by atoms with Crippen LogP contribution in [0.5, 0.6) is 0 Å². The van der Waals surface area contributed by atoms with E-state index < -0.39 is 0 Å². The van der Waals surface area contributed by atoms with Gasteiger partial charge in [-0.2, -0.15) is 0 Å². The van der Waals surface area contributed by atoms with Crippen LogP contribution in [0.3, 0.4) is 0 Å².